The number of ether oxygens (including phenoxy) is 2. The zero-order valence-corrected chi connectivity index (χ0v) is 33.9. The van der Waals surface area contributed by atoms with Crippen LogP contribution in [0, 0.1) is 0 Å². The predicted molar refractivity (Wildman–Crippen MR) is 219 cm³/mol. The largest absolute Gasteiger partial charge is 0.372 e. The molecule has 0 aliphatic heterocycles. The maximum Gasteiger partial charge on any atom is 0.174 e. The van der Waals surface area contributed by atoms with Gasteiger partial charge in [0, 0.05) is 36.1 Å². The summed E-state index contributed by atoms with van der Waals surface area (Å²) >= 11 is 0. The molecule has 0 radical (unpaired) electrons. The molecule has 2 heterocycles. The van der Waals surface area contributed by atoms with E-state index in [1.807, 2.05) is 0 Å². The molecule has 0 bridgehead atoms. The number of aryl methyl sites for hydroxylation is 2. The zero-order chi connectivity index (χ0) is 36.6. The lowest BCUT2D eigenvalue weighted by Gasteiger charge is -2.07. The third-order valence-corrected chi connectivity index (χ3v) is 10.5. The molecule has 0 N–H and O–H groups in total. The maximum atomic E-state index is 6.10. The molecular formula is C48H78N2O2+2. The highest BCUT2D eigenvalue weighted by Crippen LogP contribution is 2.14. The Morgan fingerprint density at radius 2 is 0.635 bits per heavy atom. The van der Waals surface area contributed by atoms with Crippen molar-refractivity contribution in [3.05, 3.63) is 95.6 Å². The number of pyridine rings is 2. The Balaban J connectivity index is 1.19. The standard InChI is InChI=1S/C48H78N2O2/c1-3-5-7-9-11-13-15-17-19-21-23-25-35-49-37-27-29-47(39-49)43-51-41-45-31-33-46(34-32-45)42-52-44-48-30-28-38-50(40-48)36-26-24-22-20-18-16-14-12-10-8-6-4-2/h27-34,37-40H,3-26,35-36,41-44H2,1-2H3/q+2. The molecule has 0 aliphatic carbocycles. The molecule has 4 nitrogen and oxygen atoms in total. The Labute approximate surface area is 320 Å². The van der Waals surface area contributed by atoms with Gasteiger partial charge in [0.1, 0.15) is 13.1 Å². The number of rotatable bonds is 34. The van der Waals surface area contributed by atoms with Crippen LogP contribution in [0.15, 0.2) is 73.3 Å². The molecule has 0 saturated heterocycles. The first-order chi connectivity index (χ1) is 25.8. The van der Waals surface area contributed by atoms with Gasteiger partial charge in [-0.3, -0.25) is 0 Å². The fourth-order valence-corrected chi connectivity index (χ4v) is 7.18. The zero-order valence-electron chi connectivity index (χ0n) is 33.9. The molecule has 0 aliphatic rings. The van der Waals surface area contributed by atoms with Crippen molar-refractivity contribution >= 4 is 0 Å². The molecule has 0 saturated carbocycles. The summed E-state index contributed by atoms with van der Waals surface area (Å²) in [6, 6.07) is 17.3. The molecule has 0 spiro atoms. The minimum Gasteiger partial charge on any atom is -0.372 e. The molecule has 0 unspecified atom stereocenters. The summed E-state index contributed by atoms with van der Waals surface area (Å²) in [6.07, 6.45) is 42.3. The van der Waals surface area contributed by atoms with Crippen LogP contribution in [0.4, 0.5) is 0 Å². The molecule has 52 heavy (non-hydrogen) atoms. The molecule has 1 aromatic carbocycles. The van der Waals surface area contributed by atoms with Gasteiger partial charge < -0.3 is 9.47 Å². The average molecular weight is 715 g/mol. The van der Waals surface area contributed by atoms with Crippen LogP contribution in [-0.2, 0) is 49.0 Å². The van der Waals surface area contributed by atoms with Crippen molar-refractivity contribution in [3.63, 3.8) is 0 Å². The topological polar surface area (TPSA) is 26.2 Å². The van der Waals surface area contributed by atoms with Crippen LogP contribution >= 0.6 is 0 Å². The van der Waals surface area contributed by atoms with Crippen molar-refractivity contribution in [3.8, 4) is 0 Å². The Morgan fingerprint density at radius 3 is 0.962 bits per heavy atom. The van der Waals surface area contributed by atoms with Crippen molar-refractivity contribution in [2.45, 2.75) is 207 Å². The minimum atomic E-state index is 0.623. The third kappa shape index (κ3) is 22.5. The highest BCUT2D eigenvalue weighted by atomic mass is 16.5. The van der Waals surface area contributed by atoms with Crippen molar-refractivity contribution in [2.75, 3.05) is 0 Å². The second kappa shape index (κ2) is 30.9. The summed E-state index contributed by atoms with van der Waals surface area (Å²) < 4.78 is 16.9. The van der Waals surface area contributed by atoms with Gasteiger partial charge in [0.05, 0.1) is 26.4 Å². The lowest BCUT2D eigenvalue weighted by Crippen LogP contribution is -2.33. The number of unbranched alkanes of at least 4 members (excludes halogenated alkanes) is 22. The van der Waals surface area contributed by atoms with Crippen LogP contribution in [0.3, 0.4) is 0 Å². The number of nitrogens with zero attached hydrogens (tertiary/aromatic N) is 2. The van der Waals surface area contributed by atoms with Crippen molar-refractivity contribution in [1.29, 1.82) is 0 Å². The quantitative estimate of drug-likeness (QED) is 0.0455. The van der Waals surface area contributed by atoms with Gasteiger partial charge in [-0.15, -0.1) is 0 Å². The molecule has 3 rings (SSSR count). The van der Waals surface area contributed by atoms with Gasteiger partial charge in [0.25, 0.3) is 0 Å². The normalized spacial score (nSPS) is 11.4. The fraction of sp³-hybridized carbons (Fsp3) is 0.667. The minimum absolute atomic E-state index is 0.623. The second-order valence-electron chi connectivity index (χ2n) is 15.5. The van der Waals surface area contributed by atoms with Gasteiger partial charge >= 0.3 is 0 Å². The Bertz CT molecular complexity index is 1150. The first-order valence-electron chi connectivity index (χ1n) is 22.0. The van der Waals surface area contributed by atoms with E-state index in [-0.39, 0.29) is 0 Å². The van der Waals surface area contributed by atoms with Crippen LogP contribution < -0.4 is 9.13 Å². The molecule has 4 heteroatoms. The van der Waals surface area contributed by atoms with Crippen LogP contribution in [0.25, 0.3) is 0 Å². The second-order valence-corrected chi connectivity index (χ2v) is 15.5. The highest BCUT2D eigenvalue weighted by Gasteiger charge is 2.06. The summed E-state index contributed by atoms with van der Waals surface area (Å²) in [4.78, 5) is 0. The summed E-state index contributed by atoms with van der Waals surface area (Å²) in [5.74, 6) is 0. The highest BCUT2D eigenvalue weighted by molar-refractivity contribution is 5.21. The summed E-state index contributed by atoms with van der Waals surface area (Å²) in [7, 11) is 0. The third-order valence-electron chi connectivity index (χ3n) is 10.5. The van der Waals surface area contributed by atoms with E-state index in [1.165, 1.54) is 176 Å². The van der Waals surface area contributed by atoms with Gasteiger partial charge in [0.15, 0.2) is 24.8 Å². The van der Waals surface area contributed by atoms with E-state index < -0.39 is 0 Å². The molecule has 0 amide bonds. The van der Waals surface area contributed by atoms with Crippen LogP contribution in [0.5, 0.6) is 0 Å². The van der Waals surface area contributed by atoms with Gasteiger partial charge in [-0.1, -0.05) is 167 Å². The SMILES string of the molecule is CCCCCCCCCCCCCC[n+]1cccc(COCc2ccc(COCc3ccc[n+](CCCCCCCCCCCCCC)c3)cc2)c1. The van der Waals surface area contributed by atoms with Gasteiger partial charge in [0.2, 0.25) is 0 Å². The molecule has 0 atom stereocenters. The van der Waals surface area contributed by atoms with Crippen molar-refractivity contribution < 1.29 is 18.6 Å². The molecular weight excluding hydrogens is 637 g/mol. The molecule has 0 fully saturated rings. The smallest absolute Gasteiger partial charge is 0.174 e. The van der Waals surface area contributed by atoms with Crippen LogP contribution in [0.2, 0.25) is 0 Å². The number of hydrogen-bond acceptors (Lipinski definition) is 2. The molecule has 3 aromatic rings. The van der Waals surface area contributed by atoms with E-state index in [4.69, 9.17) is 9.47 Å². The molecule has 2 aromatic heterocycles. The van der Waals surface area contributed by atoms with Gasteiger partial charge in [-0.2, -0.15) is 0 Å². The lowest BCUT2D eigenvalue weighted by molar-refractivity contribution is -0.698. The monoisotopic (exact) mass is 715 g/mol. The summed E-state index contributed by atoms with van der Waals surface area (Å²) in [6.45, 7) is 9.30. The van der Waals surface area contributed by atoms with Crippen LogP contribution in [0.1, 0.15) is 190 Å². The Hall–Kier alpha value is -2.56. The van der Waals surface area contributed by atoms with Gasteiger partial charge in [-0.05, 0) is 36.1 Å². The van der Waals surface area contributed by atoms with Crippen LogP contribution in [-0.4, -0.2) is 0 Å². The fourth-order valence-electron chi connectivity index (χ4n) is 7.18. The summed E-state index contributed by atoms with van der Waals surface area (Å²) in [5, 5.41) is 0. The number of hydrogen-bond donors (Lipinski definition) is 0. The predicted octanol–water partition coefficient (Wildman–Crippen LogP) is 13.1. The van der Waals surface area contributed by atoms with E-state index >= 15 is 0 Å². The number of benzene rings is 1. The Kier molecular flexibility index (Phi) is 26.0. The van der Waals surface area contributed by atoms with E-state index in [0.717, 1.165) is 13.1 Å². The lowest BCUT2D eigenvalue weighted by atomic mass is 10.1. The first kappa shape index (κ1) is 43.8. The van der Waals surface area contributed by atoms with E-state index in [0.29, 0.717) is 26.4 Å². The van der Waals surface area contributed by atoms with E-state index in [1.54, 1.807) is 0 Å². The number of aromatic nitrogens is 2. The van der Waals surface area contributed by atoms with Crippen molar-refractivity contribution in [1.82, 2.24) is 0 Å². The van der Waals surface area contributed by atoms with Crippen molar-refractivity contribution in [2.24, 2.45) is 0 Å². The summed E-state index contributed by atoms with van der Waals surface area (Å²) in [5.41, 5.74) is 4.88. The first-order valence-corrected chi connectivity index (χ1v) is 22.0. The average Bonchev–Trinajstić information content (AvgIpc) is 3.17. The van der Waals surface area contributed by atoms with E-state index in [9.17, 15) is 0 Å². The van der Waals surface area contributed by atoms with E-state index in [2.05, 4.69) is 96.3 Å². The molecule has 290 valence electrons. The maximum absolute atomic E-state index is 6.10. The Morgan fingerprint density at radius 1 is 0.346 bits per heavy atom. The van der Waals surface area contributed by atoms with Gasteiger partial charge in [-0.25, -0.2) is 9.13 Å².